The monoisotopic (exact) mass is 547 g/mol. The lowest BCUT2D eigenvalue weighted by Crippen LogP contribution is -3.12. The van der Waals surface area contributed by atoms with Crippen LogP contribution in [0.3, 0.4) is 0 Å². The van der Waals surface area contributed by atoms with Crippen molar-refractivity contribution in [2.45, 2.75) is 46.4 Å². The van der Waals surface area contributed by atoms with Crippen molar-refractivity contribution < 1.29 is 14.5 Å². The van der Waals surface area contributed by atoms with Crippen LogP contribution in [0.4, 0.5) is 5.69 Å². The third kappa shape index (κ3) is 7.87. The molecule has 4 N–H and O–H groups in total. The van der Waals surface area contributed by atoms with Crippen molar-refractivity contribution in [2.75, 3.05) is 37.2 Å². The van der Waals surface area contributed by atoms with E-state index in [2.05, 4.69) is 74.2 Å². The molecule has 3 rings (SSSR count). The number of likely N-dealkylation sites (N-methyl/N-ethyl adjacent to an activating group) is 1. The van der Waals surface area contributed by atoms with Crippen LogP contribution < -0.4 is 15.5 Å². The molecule has 2 aromatic rings. The number of nitrogens with one attached hydrogen (secondary N) is 4. The zero-order chi connectivity index (χ0) is 28.5. The standard InChI is InChI=1S/C32H42N4O2S/c1-8-11-21(4)12-13-22(5)20-39-25-14-15-28-26(18-25)27(31(37)35-28)19-29-23(6)30(24(7)34-29)32(38)33-16-17-36(9-2)10-3/h8,11-15,18-19,22,34H,1,9-10,16-17,20H2,2-7H3,(H,33,38)(H,35,37)/p+1/b13-12-,21-11-,27-19-. The van der Waals surface area contributed by atoms with Crippen LogP contribution in [0.15, 0.2) is 59.6 Å². The normalized spacial score (nSPS) is 15.2. The van der Waals surface area contributed by atoms with Gasteiger partial charge in [-0.3, -0.25) is 9.59 Å². The van der Waals surface area contributed by atoms with Crippen molar-refractivity contribution in [3.8, 4) is 0 Å². The van der Waals surface area contributed by atoms with Gasteiger partial charge in [-0.15, -0.1) is 11.8 Å². The number of allylic oxidation sites excluding steroid dienone is 5. The van der Waals surface area contributed by atoms with E-state index in [0.717, 1.165) is 58.5 Å². The number of aryl methyl sites for hydroxylation is 1. The number of anilines is 1. The van der Waals surface area contributed by atoms with E-state index in [9.17, 15) is 9.59 Å². The quantitative estimate of drug-likeness (QED) is 0.158. The number of aromatic nitrogens is 1. The second kappa shape index (κ2) is 14.2. The summed E-state index contributed by atoms with van der Waals surface area (Å²) >= 11 is 1.78. The van der Waals surface area contributed by atoms with Gasteiger partial charge in [0.2, 0.25) is 0 Å². The van der Waals surface area contributed by atoms with Crippen LogP contribution >= 0.6 is 11.8 Å². The number of H-pyrrole nitrogens is 1. The van der Waals surface area contributed by atoms with Gasteiger partial charge in [0.05, 0.1) is 37.3 Å². The highest BCUT2D eigenvalue weighted by molar-refractivity contribution is 7.99. The van der Waals surface area contributed by atoms with Crippen LogP contribution in [0.2, 0.25) is 0 Å². The molecular formula is C32H43N4O2S+. The van der Waals surface area contributed by atoms with Gasteiger partial charge in [0, 0.05) is 33.3 Å². The summed E-state index contributed by atoms with van der Waals surface area (Å²) in [5.74, 6) is 1.12. The number of quaternary nitrogens is 1. The van der Waals surface area contributed by atoms with Gasteiger partial charge in [0.1, 0.15) is 0 Å². The average Bonchev–Trinajstić information content (AvgIpc) is 3.37. The van der Waals surface area contributed by atoms with Crippen molar-refractivity contribution in [3.05, 3.63) is 82.7 Å². The van der Waals surface area contributed by atoms with E-state index in [1.165, 1.54) is 10.5 Å². The molecule has 6 nitrogen and oxygen atoms in total. The fraction of sp³-hybridized carbons (Fsp3) is 0.375. The van der Waals surface area contributed by atoms with Crippen LogP contribution in [0.5, 0.6) is 0 Å². The number of carbonyl (C=O) groups excluding carboxylic acids is 2. The van der Waals surface area contributed by atoms with E-state index in [0.29, 0.717) is 23.6 Å². The molecule has 0 saturated carbocycles. The topological polar surface area (TPSA) is 78.4 Å². The number of hydrogen-bond donors (Lipinski definition) is 4. The Bertz CT molecular complexity index is 1300. The molecule has 1 aromatic carbocycles. The van der Waals surface area contributed by atoms with E-state index in [1.54, 1.807) is 17.8 Å². The highest BCUT2D eigenvalue weighted by atomic mass is 32.2. The van der Waals surface area contributed by atoms with Gasteiger partial charge >= 0.3 is 0 Å². The van der Waals surface area contributed by atoms with Crippen molar-refractivity contribution in [1.29, 1.82) is 0 Å². The maximum atomic E-state index is 13.0. The minimum Gasteiger partial charge on any atom is -0.358 e. The number of carbonyl (C=O) groups is 2. The first kappa shape index (κ1) is 30.3. The van der Waals surface area contributed by atoms with Gasteiger partial charge in [-0.05, 0) is 70.4 Å². The average molecular weight is 548 g/mol. The third-order valence-electron chi connectivity index (χ3n) is 7.11. The van der Waals surface area contributed by atoms with E-state index in [4.69, 9.17) is 0 Å². The van der Waals surface area contributed by atoms with E-state index < -0.39 is 0 Å². The maximum Gasteiger partial charge on any atom is 0.256 e. The molecule has 0 aliphatic carbocycles. The summed E-state index contributed by atoms with van der Waals surface area (Å²) in [6.07, 6.45) is 9.99. The Hall–Kier alpha value is -3.29. The maximum absolute atomic E-state index is 13.0. The van der Waals surface area contributed by atoms with E-state index in [1.807, 2.05) is 32.1 Å². The lowest BCUT2D eigenvalue weighted by Gasteiger charge is -2.15. The Morgan fingerprint density at radius 3 is 2.67 bits per heavy atom. The van der Waals surface area contributed by atoms with Crippen LogP contribution in [-0.4, -0.2) is 48.7 Å². The highest BCUT2D eigenvalue weighted by Gasteiger charge is 2.26. The number of thioether (sulfide) groups is 1. The van der Waals surface area contributed by atoms with Crippen LogP contribution in [0.25, 0.3) is 11.6 Å². The fourth-order valence-corrected chi connectivity index (χ4v) is 5.62. The predicted octanol–water partition coefficient (Wildman–Crippen LogP) is 5.20. The minimum atomic E-state index is -0.132. The van der Waals surface area contributed by atoms with Gasteiger partial charge in [-0.2, -0.15) is 0 Å². The van der Waals surface area contributed by atoms with Crippen LogP contribution in [-0.2, 0) is 4.79 Å². The van der Waals surface area contributed by atoms with Gasteiger partial charge in [0.25, 0.3) is 11.8 Å². The molecule has 2 amide bonds. The molecule has 1 aliphatic heterocycles. The van der Waals surface area contributed by atoms with Crippen molar-refractivity contribution in [3.63, 3.8) is 0 Å². The summed E-state index contributed by atoms with van der Waals surface area (Å²) in [7, 11) is 0. The first-order valence-corrected chi connectivity index (χ1v) is 14.8. The van der Waals surface area contributed by atoms with Crippen molar-refractivity contribution >= 4 is 40.9 Å². The lowest BCUT2D eigenvalue weighted by molar-refractivity contribution is -0.895. The molecule has 1 atom stereocenters. The second-order valence-corrected chi connectivity index (χ2v) is 11.2. The number of benzene rings is 1. The highest BCUT2D eigenvalue weighted by Crippen LogP contribution is 2.37. The second-order valence-electron chi connectivity index (χ2n) is 10.1. The van der Waals surface area contributed by atoms with Crippen molar-refractivity contribution in [2.24, 2.45) is 5.92 Å². The molecule has 2 heterocycles. The Kier molecular flexibility index (Phi) is 11.0. The smallest absolute Gasteiger partial charge is 0.256 e. The molecule has 0 radical (unpaired) electrons. The summed E-state index contributed by atoms with van der Waals surface area (Å²) in [6.45, 7) is 19.8. The molecule has 1 unspecified atom stereocenters. The molecule has 0 saturated heterocycles. The fourth-order valence-electron chi connectivity index (χ4n) is 4.69. The number of aromatic amines is 1. The third-order valence-corrected chi connectivity index (χ3v) is 8.39. The summed E-state index contributed by atoms with van der Waals surface area (Å²) in [4.78, 5) is 31.8. The number of amides is 2. The largest absolute Gasteiger partial charge is 0.358 e. The first-order valence-electron chi connectivity index (χ1n) is 13.8. The number of hydrogen-bond acceptors (Lipinski definition) is 3. The van der Waals surface area contributed by atoms with Gasteiger partial charge < -0.3 is 20.5 Å². The Morgan fingerprint density at radius 1 is 1.23 bits per heavy atom. The first-order chi connectivity index (χ1) is 18.7. The molecule has 1 aromatic heterocycles. The Balaban J connectivity index is 1.76. The molecule has 0 spiro atoms. The molecule has 0 bridgehead atoms. The van der Waals surface area contributed by atoms with Crippen molar-refractivity contribution in [1.82, 2.24) is 10.3 Å². The van der Waals surface area contributed by atoms with Crippen LogP contribution in [0, 0.1) is 19.8 Å². The Labute approximate surface area is 237 Å². The van der Waals surface area contributed by atoms with E-state index >= 15 is 0 Å². The molecule has 1 aliphatic rings. The molecule has 7 heteroatoms. The Morgan fingerprint density at radius 2 is 1.97 bits per heavy atom. The predicted molar refractivity (Wildman–Crippen MR) is 165 cm³/mol. The zero-order valence-corrected chi connectivity index (χ0v) is 25.0. The summed E-state index contributed by atoms with van der Waals surface area (Å²) < 4.78 is 0. The molecule has 39 heavy (non-hydrogen) atoms. The summed E-state index contributed by atoms with van der Waals surface area (Å²) in [6, 6.07) is 6.10. The lowest BCUT2D eigenvalue weighted by atomic mass is 10.0. The van der Waals surface area contributed by atoms with Gasteiger partial charge in [-0.25, -0.2) is 0 Å². The van der Waals surface area contributed by atoms with Crippen LogP contribution in [0.1, 0.15) is 60.6 Å². The zero-order valence-electron chi connectivity index (χ0n) is 24.2. The number of fused-ring (bicyclic) bond motifs is 1. The summed E-state index contributed by atoms with van der Waals surface area (Å²) in [5.41, 5.74) is 6.56. The molecule has 0 fully saturated rings. The molecule has 208 valence electrons. The SMILES string of the molecule is C=C/C=C(C)\C=C/C(C)CSc1ccc2c(c1)/C(=C/c1[nH]c(C)c(C(=O)NCC[NH+](CC)CC)c1C)C(=O)N2. The number of rotatable bonds is 13. The molecular weight excluding hydrogens is 504 g/mol. The minimum absolute atomic E-state index is 0.0780. The van der Waals surface area contributed by atoms with E-state index in [-0.39, 0.29) is 11.8 Å². The van der Waals surface area contributed by atoms with Gasteiger partial charge in [-0.1, -0.05) is 43.4 Å². The summed E-state index contributed by atoms with van der Waals surface area (Å²) in [5, 5.41) is 6.05. The van der Waals surface area contributed by atoms with Gasteiger partial charge in [0.15, 0.2) is 0 Å².